The molecule has 0 saturated carbocycles. The van der Waals surface area contributed by atoms with Crippen LogP contribution in [-0.2, 0) is 20.7 Å². The minimum atomic E-state index is -0.706. The maximum atomic E-state index is 11.9. The fourth-order valence-corrected chi connectivity index (χ4v) is 2.28. The van der Waals surface area contributed by atoms with E-state index in [1.807, 2.05) is 0 Å². The van der Waals surface area contributed by atoms with Crippen LogP contribution in [0.3, 0.4) is 0 Å². The van der Waals surface area contributed by atoms with Crippen LogP contribution in [0.4, 0.5) is 4.79 Å². The lowest BCUT2D eigenvalue weighted by Gasteiger charge is -2.20. The Bertz CT molecular complexity index is 686. The fourth-order valence-electron chi connectivity index (χ4n) is 2.28. The van der Waals surface area contributed by atoms with E-state index in [2.05, 4.69) is 10.6 Å². The predicted molar refractivity (Wildman–Crippen MR) is 102 cm³/mol. The van der Waals surface area contributed by atoms with E-state index in [9.17, 15) is 14.4 Å². The van der Waals surface area contributed by atoms with E-state index >= 15 is 0 Å². The summed E-state index contributed by atoms with van der Waals surface area (Å²) in [5, 5.41) is 4.67. The zero-order chi connectivity index (χ0) is 21.3. The van der Waals surface area contributed by atoms with Crippen LogP contribution in [0.25, 0.3) is 0 Å². The highest BCUT2D eigenvalue weighted by molar-refractivity contribution is 5.95. The standard InChI is InChI=1S/C19H28N2O7/c1-19(2,3)21-18(24)20-15(22)11-28-16(23)8-7-12-9-13(25-4)17(27-6)14(10-12)26-5/h9-10H,7-8,11H2,1-6H3,(H2,20,21,22,24). The Hall–Kier alpha value is -2.97. The first-order chi connectivity index (χ1) is 13.1. The zero-order valence-corrected chi connectivity index (χ0v) is 17.1. The normalized spacial score (nSPS) is 10.6. The number of urea groups is 1. The molecule has 156 valence electrons. The number of amides is 3. The molecule has 0 aliphatic heterocycles. The molecule has 0 radical (unpaired) electrons. The van der Waals surface area contributed by atoms with E-state index in [1.54, 1.807) is 32.9 Å². The van der Waals surface area contributed by atoms with Gasteiger partial charge in [-0.25, -0.2) is 4.79 Å². The number of ether oxygens (including phenoxy) is 4. The minimum Gasteiger partial charge on any atom is -0.493 e. The summed E-state index contributed by atoms with van der Waals surface area (Å²) in [6.07, 6.45) is 0.391. The van der Waals surface area contributed by atoms with Gasteiger partial charge in [0.25, 0.3) is 5.91 Å². The molecule has 0 bridgehead atoms. The van der Waals surface area contributed by atoms with E-state index in [1.165, 1.54) is 21.3 Å². The van der Waals surface area contributed by atoms with Crippen molar-refractivity contribution in [2.75, 3.05) is 27.9 Å². The van der Waals surface area contributed by atoms with Crippen molar-refractivity contribution in [3.63, 3.8) is 0 Å². The molecule has 9 heteroatoms. The van der Waals surface area contributed by atoms with Gasteiger partial charge in [0.05, 0.1) is 21.3 Å². The smallest absolute Gasteiger partial charge is 0.321 e. The Morgan fingerprint density at radius 2 is 1.54 bits per heavy atom. The number of hydrogen-bond donors (Lipinski definition) is 2. The summed E-state index contributed by atoms with van der Waals surface area (Å²) in [7, 11) is 4.51. The zero-order valence-electron chi connectivity index (χ0n) is 17.1. The van der Waals surface area contributed by atoms with Gasteiger partial charge in [-0.05, 0) is 44.9 Å². The Kier molecular flexibility index (Phi) is 8.56. The number of aryl methyl sites for hydroxylation is 1. The van der Waals surface area contributed by atoms with Crippen molar-refractivity contribution in [3.05, 3.63) is 17.7 Å². The van der Waals surface area contributed by atoms with E-state index in [4.69, 9.17) is 18.9 Å². The highest BCUT2D eigenvalue weighted by atomic mass is 16.5. The topological polar surface area (TPSA) is 112 Å². The predicted octanol–water partition coefficient (Wildman–Crippen LogP) is 1.81. The van der Waals surface area contributed by atoms with Crippen molar-refractivity contribution in [2.45, 2.75) is 39.2 Å². The number of hydrogen-bond acceptors (Lipinski definition) is 7. The molecule has 0 heterocycles. The molecule has 0 spiro atoms. The molecular weight excluding hydrogens is 368 g/mol. The molecule has 1 aromatic carbocycles. The SMILES string of the molecule is COc1cc(CCC(=O)OCC(=O)NC(=O)NC(C)(C)C)cc(OC)c1OC. The molecule has 0 aliphatic rings. The molecule has 0 atom stereocenters. The van der Waals surface area contributed by atoms with Gasteiger partial charge in [0.15, 0.2) is 18.1 Å². The average molecular weight is 396 g/mol. The molecule has 0 saturated heterocycles. The maximum Gasteiger partial charge on any atom is 0.321 e. The van der Waals surface area contributed by atoms with Crippen LogP contribution in [0.15, 0.2) is 12.1 Å². The quantitative estimate of drug-likeness (QED) is 0.645. The van der Waals surface area contributed by atoms with E-state index in [0.717, 1.165) is 5.56 Å². The summed E-state index contributed by atoms with van der Waals surface area (Å²) < 4.78 is 20.7. The Morgan fingerprint density at radius 1 is 0.964 bits per heavy atom. The molecule has 3 amide bonds. The third kappa shape index (κ3) is 7.73. The summed E-state index contributed by atoms with van der Waals surface area (Å²) in [4.78, 5) is 35.1. The van der Waals surface area contributed by atoms with Crippen molar-refractivity contribution in [2.24, 2.45) is 0 Å². The molecule has 1 aromatic rings. The molecule has 0 aliphatic carbocycles. The molecule has 28 heavy (non-hydrogen) atoms. The van der Waals surface area contributed by atoms with E-state index < -0.39 is 30.1 Å². The van der Waals surface area contributed by atoms with Crippen LogP contribution < -0.4 is 24.8 Å². The second-order valence-electron chi connectivity index (χ2n) is 6.95. The van der Waals surface area contributed by atoms with Gasteiger partial charge in [-0.2, -0.15) is 0 Å². The Morgan fingerprint density at radius 3 is 2.00 bits per heavy atom. The van der Waals surface area contributed by atoms with Crippen LogP contribution in [0.5, 0.6) is 17.2 Å². The van der Waals surface area contributed by atoms with Gasteiger partial charge in [0, 0.05) is 12.0 Å². The molecule has 9 nitrogen and oxygen atoms in total. The van der Waals surface area contributed by atoms with Crippen molar-refractivity contribution < 1.29 is 33.3 Å². The lowest BCUT2D eigenvalue weighted by molar-refractivity contribution is -0.148. The molecule has 0 aromatic heterocycles. The molecule has 2 N–H and O–H groups in total. The number of esters is 1. The number of benzene rings is 1. The summed E-state index contributed by atoms with van der Waals surface area (Å²) in [6.45, 7) is 4.80. The first-order valence-corrected chi connectivity index (χ1v) is 8.66. The van der Waals surface area contributed by atoms with Gasteiger partial charge in [0.1, 0.15) is 0 Å². The van der Waals surface area contributed by atoms with Gasteiger partial charge in [0.2, 0.25) is 5.75 Å². The third-order valence-corrected chi connectivity index (χ3v) is 3.45. The van der Waals surface area contributed by atoms with Gasteiger partial charge in [-0.15, -0.1) is 0 Å². The summed E-state index contributed by atoms with van der Waals surface area (Å²) in [6, 6.07) is 2.82. The second-order valence-corrected chi connectivity index (χ2v) is 6.95. The van der Waals surface area contributed by atoms with E-state index in [-0.39, 0.29) is 6.42 Å². The number of methoxy groups -OCH3 is 3. The van der Waals surface area contributed by atoms with Crippen molar-refractivity contribution in [1.82, 2.24) is 10.6 Å². The highest BCUT2D eigenvalue weighted by Gasteiger charge is 2.17. The average Bonchev–Trinajstić information content (AvgIpc) is 2.61. The first kappa shape index (κ1) is 23.1. The van der Waals surface area contributed by atoms with Crippen LogP contribution in [-0.4, -0.2) is 51.4 Å². The fraction of sp³-hybridized carbons (Fsp3) is 0.526. The number of carbonyl (C=O) groups excluding carboxylic acids is 3. The lowest BCUT2D eigenvalue weighted by atomic mass is 10.1. The molecule has 1 rings (SSSR count). The summed E-state index contributed by atoms with van der Waals surface area (Å²) in [5.41, 5.74) is 0.294. The number of imide groups is 1. The lowest BCUT2D eigenvalue weighted by Crippen LogP contribution is -2.49. The van der Waals surface area contributed by atoms with Crippen LogP contribution in [0.1, 0.15) is 32.8 Å². The number of nitrogens with one attached hydrogen (secondary N) is 2. The summed E-state index contributed by atoms with van der Waals surface area (Å²) in [5.74, 6) is 0.147. The largest absolute Gasteiger partial charge is 0.493 e. The van der Waals surface area contributed by atoms with Gasteiger partial charge in [-0.1, -0.05) is 0 Å². The highest BCUT2D eigenvalue weighted by Crippen LogP contribution is 2.38. The van der Waals surface area contributed by atoms with Crippen LogP contribution in [0, 0.1) is 0 Å². The van der Waals surface area contributed by atoms with Gasteiger partial charge in [-0.3, -0.25) is 14.9 Å². The van der Waals surface area contributed by atoms with Gasteiger partial charge < -0.3 is 24.3 Å². The van der Waals surface area contributed by atoms with Gasteiger partial charge >= 0.3 is 12.0 Å². The van der Waals surface area contributed by atoms with Crippen molar-refractivity contribution in [1.29, 1.82) is 0 Å². The summed E-state index contributed by atoms with van der Waals surface area (Å²) >= 11 is 0. The second kappa shape index (κ2) is 10.4. The Balaban J connectivity index is 2.52. The number of rotatable bonds is 8. The molecule has 0 unspecified atom stereocenters. The third-order valence-electron chi connectivity index (χ3n) is 3.45. The van der Waals surface area contributed by atoms with Crippen LogP contribution >= 0.6 is 0 Å². The molecule has 0 fully saturated rings. The van der Waals surface area contributed by atoms with Crippen LogP contribution in [0.2, 0.25) is 0 Å². The first-order valence-electron chi connectivity index (χ1n) is 8.66. The minimum absolute atomic E-state index is 0.0418. The Labute approximate surface area is 164 Å². The molecular formula is C19H28N2O7. The van der Waals surface area contributed by atoms with Crippen molar-refractivity contribution in [3.8, 4) is 17.2 Å². The number of carbonyl (C=O) groups is 3. The van der Waals surface area contributed by atoms with E-state index in [0.29, 0.717) is 23.7 Å². The van der Waals surface area contributed by atoms with Crippen molar-refractivity contribution >= 4 is 17.9 Å². The monoisotopic (exact) mass is 396 g/mol. The maximum absolute atomic E-state index is 11.9.